The topological polar surface area (TPSA) is 134 Å². The smallest absolute Gasteiger partial charge is 0.462 e. The van der Waals surface area contributed by atoms with Crippen LogP contribution in [0.4, 0.5) is 0 Å². The van der Waals surface area contributed by atoms with Crippen LogP contribution in [-0.2, 0) is 32.7 Å². The maximum absolute atomic E-state index is 12.6. The van der Waals surface area contributed by atoms with Crippen molar-refractivity contribution in [2.45, 2.75) is 187 Å². The molecule has 2 atom stereocenters. The molecule has 308 valence electrons. The molecule has 10 heteroatoms. The summed E-state index contributed by atoms with van der Waals surface area (Å²) in [5, 5.41) is 0. The lowest BCUT2D eigenvalue weighted by atomic mass is 10.1. The largest absolute Gasteiger partial charge is 0.472 e. The molecule has 0 saturated heterocycles. The number of phosphoric acid groups is 1. The Morgan fingerprint density at radius 1 is 0.566 bits per heavy atom. The molecule has 0 radical (unpaired) electrons. The molecule has 0 aromatic heterocycles. The molecule has 9 nitrogen and oxygen atoms in total. The minimum Gasteiger partial charge on any atom is -0.462 e. The number of esters is 2. The zero-order valence-corrected chi connectivity index (χ0v) is 34.6. The molecule has 0 aromatic carbocycles. The van der Waals surface area contributed by atoms with E-state index in [0.29, 0.717) is 12.8 Å². The molecule has 0 rings (SSSR count). The summed E-state index contributed by atoms with van der Waals surface area (Å²) in [6, 6.07) is 0. The first-order chi connectivity index (χ1) is 25.8. The Kier molecular flexibility index (Phi) is 38.1. The monoisotopic (exact) mass is 768 g/mol. The average Bonchev–Trinajstić information content (AvgIpc) is 3.14. The normalized spacial score (nSPS) is 13.8. The number of phosphoric ester groups is 1. The minimum absolute atomic E-state index is 0.0464. The number of nitrogens with two attached hydrogens (primary N) is 1. The Morgan fingerprint density at radius 3 is 1.51 bits per heavy atom. The van der Waals surface area contributed by atoms with Gasteiger partial charge in [0.1, 0.15) is 6.61 Å². The molecule has 0 bridgehead atoms. The molecule has 3 N–H and O–H groups in total. The van der Waals surface area contributed by atoms with E-state index in [2.05, 4.69) is 62.5 Å². The Bertz CT molecular complexity index is 1010. The van der Waals surface area contributed by atoms with Gasteiger partial charge in [-0.25, -0.2) is 4.57 Å². The van der Waals surface area contributed by atoms with Crippen LogP contribution in [-0.4, -0.2) is 49.3 Å². The third-order valence-electron chi connectivity index (χ3n) is 8.69. The van der Waals surface area contributed by atoms with Gasteiger partial charge in [-0.05, 0) is 77.0 Å². The first kappa shape index (κ1) is 51.0. The van der Waals surface area contributed by atoms with Crippen LogP contribution < -0.4 is 5.73 Å². The van der Waals surface area contributed by atoms with E-state index < -0.39 is 32.5 Å². The number of unbranched alkanes of at least 4 members (excludes halogenated alkanes) is 18. The molecular weight excluding hydrogens is 689 g/mol. The fourth-order valence-corrected chi connectivity index (χ4v) is 6.28. The highest BCUT2D eigenvalue weighted by Crippen LogP contribution is 2.43. The van der Waals surface area contributed by atoms with E-state index in [-0.39, 0.29) is 32.6 Å². The maximum atomic E-state index is 12.6. The third-order valence-corrected chi connectivity index (χ3v) is 9.67. The molecule has 0 aliphatic rings. The quantitative estimate of drug-likeness (QED) is 0.0271. The van der Waals surface area contributed by atoms with Crippen LogP contribution in [0, 0.1) is 0 Å². The van der Waals surface area contributed by atoms with Crippen molar-refractivity contribution in [3.8, 4) is 0 Å². The summed E-state index contributed by atoms with van der Waals surface area (Å²) in [4.78, 5) is 34.8. The van der Waals surface area contributed by atoms with Gasteiger partial charge in [-0.15, -0.1) is 0 Å². The van der Waals surface area contributed by atoms with Crippen molar-refractivity contribution >= 4 is 19.8 Å². The highest BCUT2D eigenvalue weighted by Gasteiger charge is 2.25. The van der Waals surface area contributed by atoms with Gasteiger partial charge in [0.25, 0.3) is 0 Å². The molecule has 0 heterocycles. The molecule has 0 aromatic rings. The number of carbonyl (C=O) groups excluding carboxylic acids is 2. The Balaban J connectivity index is 4.24. The van der Waals surface area contributed by atoms with Crippen LogP contribution in [0.3, 0.4) is 0 Å². The lowest BCUT2D eigenvalue weighted by Gasteiger charge is -2.19. The van der Waals surface area contributed by atoms with Crippen molar-refractivity contribution in [2.24, 2.45) is 5.73 Å². The molecule has 1 unspecified atom stereocenters. The van der Waals surface area contributed by atoms with Crippen molar-refractivity contribution in [2.75, 3.05) is 26.4 Å². The van der Waals surface area contributed by atoms with Gasteiger partial charge in [0.15, 0.2) is 6.10 Å². The molecule has 0 saturated carbocycles. The SMILES string of the molecule is CCCCC/C=C/C/C=C/CCCCCCCCCC(=O)O[C@H](COC(=O)CCCC/C=C/C/C=C/CCCCCCCC)COP(=O)(O)OCCN. The van der Waals surface area contributed by atoms with E-state index >= 15 is 0 Å². The predicted molar refractivity (Wildman–Crippen MR) is 220 cm³/mol. The molecule has 0 fully saturated rings. The first-order valence-electron chi connectivity index (χ1n) is 21.1. The van der Waals surface area contributed by atoms with Crippen LogP contribution in [0.2, 0.25) is 0 Å². The number of hydrogen-bond donors (Lipinski definition) is 2. The Hall–Kier alpha value is -2.03. The average molecular weight is 768 g/mol. The molecule has 0 aliphatic heterocycles. The van der Waals surface area contributed by atoms with E-state index in [0.717, 1.165) is 57.8 Å². The van der Waals surface area contributed by atoms with Crippen LogP contribution >= 0.6 is 7.82 Å². The summed E-state index contributed by atoms with van der Waals surface area (Å²) in [6.45, 7) is 3.65. The van der Waals surface area contributed by atoms with Gasteiger partial charge in [0.2, 0.25) is 0 Å². The maximum Gasteiger partial charge on any atom is 0.472 e. The highest BCUT2D eigenvalue weighted by molar-refractivity contribution is 7.47. The fourth-order valence-electron chi connectivity index (χ4n) is 5.52. The second-order valence-corrected chi connectivity index (χ2v) is 15.3. The zero-order valence-electron chi connectivity index (χ0n) is 33.7. The van der Waals surface area contributed by atoms with Crippen molar-refractivity contribution < 1.29 is 37.6 Å². The number of ether oxygens (including phenoxy) is 2. The third kappa shape index (κ3) is 39.5. The van der Waals surface area contributed by atoms with E-state index in [1.807, 2.05) is 0 Å². The van der Waals surface area contributed by atoms with Crippen molar-refractivity contribution in [3.05, 3.63) is 48.6 Å². The zero-order chi connectivity index (χ0) is 38.9. The van der Waals surface area contributed by atoms with Crippen LogP contribution in [0.15, 0.2) is 48.6 Å². The highest BCUT2D eigenvalue weighted by atomic mass is 31.2. The predicted octanol–water partition coefficient (Wildman–Crippen LogP) is 11.9. The summed E-state index contributed by atoms with van der Waals surface area (Å²) in [6.07, 6.45) is 44.2. The van der Waals surface area contributed by atoms with Gasteiger partial charge in [0.05, 0.1) is 13.2 Å². The number of rotatable bonds is 39. The van der Waals surface area contributed by atoms with Gasteiger partial charge in [-0.3, -0.25) is 18.6 Å². The van der Waals surface area contributed by atoms with Gasteiger partial charge in [-0.2, -0.15) is 0 Å². The van der Waals surface area contributed by atoms with E-state index in [1.165, 1.54) is 83.5 Å². The van der Waals surface area contributed by atoms with Crippen LogP contribution in [0.25, 0.3) is 0 Å². The summed E-state index contributed by atoms with van der Waals surface area (Å²) >= 11 is 0. The van der Waals surface area contributed by atoms with Crippen molar-refractivity contribution in [3.63, 3.8) is 0 Å². The van der Waals surface area contributed by atoms with E-state index in [9.17, 15) is 19.0 Å². The second-order valence-electron chi connectivity index (χ2n) is 13.8. The number of carbonyl (C=O) groups is 2. The van der Waals surface area contributed by atoms with E-state index in [1.54, 1.807) is 0 Å². The minimum atomic E-state index is -4.38. The van der Waals surface area contributed by atoms with Gasteiger partial charge in [0, 0.05) is 19.4 Å². The van der Waals surface area contributed by atoms with Crippen LogP contribution in [0.1, 0.15) is 181 Å². The number of hydrogen-bond acceptors (Lipinski definition) is 8. The van der Waals surface area contributed by atoms with Crippen molar-refractivity contribution in [1.82, 2.24) is 0 Å². The lowest BCUT2D eigenvalue weighted by molar-refractivity contribution is -0.161. The molecule has 0 spiro atoms. The Labute approximate surface area is 324 Å². The molecular formula is C43H78NO8P. The van der Waals surface area contributed by atoms with Gasteiger partial charge in [-0.1, -0.05) is 140 Å². The fraction of sp³-hybridized carbons (Fsp3) is 0.767. The van der Waals surface area contributed by atoms with Crippen molar-refractivity contribution in [1.29, 1.82) is 0 Å². The molecule has 0 aliphatic carbocycles. The first-order valence-corrected chi connectivity index (χ1v) is 22.6. The molecule has 53 heavy (non-hydrogen) atoms. The van der Waals surface area contributed by atoms with Gasteiger partial charge >= 0.3 is 19.8 Å². The second kappa shape index (κ2) is 39.7. The number of allylic oxidation sites excluding steroid dienone is 8. The van der Waals surface area contributed by atoms with E-state index in [4.69, 9.17) is 24.3 Å². The molecule has 0 amide bonds. The standard InChI is InChI=1S/C43H78NO8P/c1-3-5-7-9-11-13-15-17-19-20-22-24-26-28-30-32-34-36-43(46)52-41(40-51-53(47,48)50-38-37-44)39-49-42(45)35-33-31-29-27-25-23-21-18-16-14-12-10-8-6-4-2/h11,13,17-19,21,25,27,41H,3-10,12,14-16,20,22-24,26,28-40,44H2,1-2H3,(H,47,48)/b13-11+,19-17+,21-18+,27-25+/t41-/m1/s1. The Morgan fingerprint density at radius 2 is 0.981 bits per heavy atom. The summed E-state index contributed by atoms with van der Waals surface area (Å²) in [5.74, 6) is -0.877. The van der Waals surface area contributed by atoms with Gasteiger partial charge < -0.3 is 20.1 Å². The summed E-state index contributed by atoms with van der Waals surface area (Å²) < 4.78 is 32.7. The summed E-state index contributed by atoms with van der Waals surface area (Å²) in [5.41, 5.74) is 5.34. The van der Waals surface area contributed by atoms with Crippen LogP contribution in [0.5, 0.6) is 0 Å². The summed E-state index contributed by atoms with van der Waals surface area (Å²) in [7, 11) is -4.38. The lowest BCUT2D eigenvalue weighted by Crippen LogP contribution is -2.29.